The quantitative estimate of drug-likeness (QED) is 0.691. The molecule has 8 heteroatoms. The first kappa shape index (κ1) is 18.8. The topological polar surface area (TPSA) is 89.8 Å². The summed E-state index contributed by atoms with van der Waals surface area (Å²) in [7, 11) is -3.33. The molecule has 0 unspecified atom stereocenters. The number of sulfonamides is 1. The Kier molecular flexibility index (Phi) is 5.50. The summed E-state index contributed by atoms with van der Waals surface area (Å²) in [5.41, 5.74) is 2.62. The van der Waals surface area contributed by atoms with Gasteiger partial charge >= 0.3 is 0 Å². The highest BCUT2D eigenvalue weighted by atomic mass is 32.2. The third-order valence-corrected chi connectivity index (χ3v) is 6.50. The van der Waals surface area contributed by atoms with Gasteiger partial charge in [0, 0.05) is 24.0 Å². The van der Waals surface area contributed by atoms with Gasteiger partial charge in [0.05, 0.1) is 23.7 Å². The summed E-state index contributed by atoms with van der Waals surface area (Å²) in [6.45, 7) is 0. The molecule has 1 aliphatic rings. The monoisotopic (exact) mass is 397 g/mol. The Morgan fingerprint density at radius 3 is 2.57 bits per heavy atom. The zero-order chi connectivity index (χ0) is 19.4. The highest BCUT2D eigenvalue weighted by Crippen LogP contribution is 2.29. The van der Waals surface area contributed by atoms with E-state index in [1.54, 1.807) is 6.20 Å². The van der Waals surface area contributed by atoms with Gasteiger partial charge in [-0.1, -0.05) is 30.3 Å². The lowest BCUT2D eigenvalue weighted by atomic mass is 9.92. The standard InChI is InChI=1S/C20H23N5O2S/c26-28(27,14-16-4-2-1-3-5-16)24-18-6-8-19(9-7-18)25-13-17(12-23-25)20-10-11-21-15-22-20/h1-5,10-13,15,18-19,24H,6-9,14H2. The van der Waals surface area contributed by atoms with Gasteiger partial charge in [-0.2, -0.15) is 5.10 Å². The Morgan fingerprint density at radius 2 is 1.86 bits per heavy atom. The molecule has 2 aromatic heterocycles. The first-order chi connectivity index (χ1) is 13.6. The molecule has 1 saturated carbocycles. The summed E-state index contributed by atoms with van der Waals surface area (Å²) in [5.74, 6) is 0.0230. The Balaban J connectivity index is 1.33. The lowest BCUT2D eigenvalue weighted by Crippen LogP contribution is -2.38. The summed E-state index contributed by atoms with van der Waals surface area (Å²) in [6, 6.07) is 11.4. The van der Waals surface area contributed by atoms with Gasteiger partial charge < -0.3 is 0 Å². The van der Waals surface area contributed by atoms with Crippen LogP contribution < -0.4 is 4.72 Å². The fourth-order valence-corrected chi connectivity index (χ4v) is 5.14. The summed E-state index contributed by atoms with van der Waals surface area (Å²) in [5, 5.41) is 4.49. The average molecular weight is 398 g/mol. The minimum absolute atomic E-state index is 0.0122. The van der Waals surface area contributed by atoms with Gasteiger partial charge in [0.25, 0.3) is 0 Å². The number of aromatic nitrogens is 4. The largest absolute Gasteiger partial charge is 0.269 e. The molecule has 0 bridgehead atoms. The number of hydrogen-bond acceptors (Lipinski definition) is 5. The molecule has 0 saturated heterocycles. The van der Waals surface area contributed by atoms with E-state index in [9.17, 15) is 8.42 Å². The zero-order valence-electron chi connectivity index (χ0n) is 15.5. The van der Waals surface area contributed by atoms with Gasteiger partial charge in [0.2, 0.25) is 10.0 Å². The average Bonchev–Trinajstić information content (AvgIpc) is 3.19. The molecule has 7 nitrogen and oxygen atoms in total. The fraction of sp³-hybridized carbons (Fsp3) is 0.350. The van der Waals surface area contributed by atoms with E-state index >= 15 is 0 Å². The van der Waals surface area contributed by atoms with Gasteiger partial charge in [-0.15, -0.1) is 0 Å². The normalized spacial score (nSPS) is 20.1. The van der Waals surface area contributed by atoms with Gasteiger partial charge in [-0.25, -0.2) is 23.1 Å². The summed E-state index contributed by atoms with van der Waals surface area (Å²) < 4.78 is 29.7. The predicted molar refractivity (Wildman–Crippen MR) is 107 cm³/mol. The minimum atomic E-state index is -3.33. The molecular weight excluding hydrogens is 374 g/mol. The van der Waals surface area contributed by atoms with Crippen molar-refractivity contribution in [2.75, 3.05) is 0 Å². The lowest BCUT2D eigenvalue weighted by molar-refractivity contribution is 0.293. The van der Waals surface area contributed by atoms with Crippen molar-refractivity contribution in [3.63, 3.8) is 0 Å². The van der Waals surface area contributed by atoms with E-state index in [0.29, 0.717) is 0 Å². The predicted octanol–water partition coefficient (Wildman–Crippen LogP) is 2.94. The zero-order valence-corrected chi connectivity index (χ0v) is 16.3. The Morgan fingerprint density at radius 1 is 1.07 bits per heavy atom. The third-order valence-electron chi connectivity index (χ3n) is 5.10. The van der Waals surface area contributed by atoms with Crippen molar-refractivity contribution in [2.45, 2.75) is 43.5 Å². The van der Waals surface area contributed by atoms with Crippen LogP contribution in [0.2, 0.25) is 0 Å². The molecule has 1 fully saturated rings. The van der Waals surface area contributed by atoms with Crippen LogP contribution in [0.25, 0.3) is 11.3 Å². The third kappa shape index (κ3) is 4.63. The van der Waals surface area contributed by atoms with E-state index in [4.69, 9.17) is 0 Å². The number of benzene rings is 1. The maximum Gasteiger partial charge on any atom is 0.216 e. The van der Waals surface area contributed by atoms with E-state index in [0.717, 1.165) is 42.5 Å². The number of nitrogens with one attached hydrogen (secondary N) is 1. The van der Waals surface area contributed by atoms with Crippen molar-refractivity contribution in [3.8, 4) is 11.3 Å². The number of rotatable bonds is 6. The molecule has 0 amide bonds. The molecule has 146 valence electrons. The van der Waals surface area contributed by atoms with Crippen LogP contribution >= 0.6 is 0 Å². The molecule has 1 aromatic carbocycles. The van der Waals surface area contributed by atoms with E-state index in [-0.39, 0.29) is 17.8 Å². The smallest absolute Gasteiger partial charge is 0.216 e. The summed E-state index contributed by atoms with van der Waals surface area (Å²) in [4.78, 5) is 8.19. The van der Waals surface area contributed by atoms with Gasteiger partial charge in [0.15, 0.2) is 0 Å². The minimum Gasteiger partial charge on any atom is -0.269 e. The summed E-state index contributed by atoms with van der Waals surface area (Å²) in [6.07, 6.45) is 10.5. The van der Waals surface area contributed by atoms with Crippen molar-refractivity contribution in [2.24, 2.45) is 0 Å². The van der Waals surface area contributed by atoms with Crippen LogP contribution in [-0.4, -0.2) is 34.2 Å². The van der Waals surface area contributed by atoms with E-state index in [1.165, 1.54) is 6.33 Å². The highest BCUT2D eigenvalue weighted by molar-refractivity contribution is 7.88. The number of nitrogens with zero attached hydrogens (tertiary/aromatic N) is 4. The van der Waals surface area contributed by atoms with Crippen LogP contribution in [-0.2, 0) is 15.8 Å². The molecule has 4 rings (SSSR count). The lowest BCUT2D eigenvalue weighted by Gasteiger charge is -2.29. The van der Waals surface area contributed by atoms with E-state index in [1.807, 2.05) is 53.5 Å². The van der Waals surface area contributed by atoms with Gasteiger partial charge in [-0.05, 0) is 37.3 Å². The molecule has 3 aromatic rings. The first-order valence-corrected chi connectivity index (χ1v) is 11.1. The fourth-order valence-electron chi connectivity index (χ4n) is 3.68. The highest BCUT2D eigenvalue weighted by Gasteiger charge is 2.26. The Bertz CT molecular complexity index is 997. The molecule has 0 spiro atoms. The van der Waals surface area contributed by atoms with Crippen molar-refractivity contribution in [1.82, 2.24) is 24.5 Å². The molecule has 28 heavy (non-hydrogen) atoms. The number of hydrogen-bond donors (Lipinski definition) is 1. The molecule has 1 aliphatic carbocycles. The van der Waals surface area contributed by atoms with Gasteiger partial charge in [0.1, 0.15) is 6.33 Å². The second-order valence-electron chi connectivity index (χ2n) is 7.17. The summed E-state index contributed by atoms with van der Waals surface area (Å²) >= 11 is 0. The molecule has 0 radical (unpaired) electrons. The Labute approximate surface area is 164 Å². The maximum atomic E-state index is 12.4. The molecule has 2 heterocycles. The van der Waals surface area contributed by atoms with Crippen LogP contribution in [0.5, 0.6) is 0 Å². The van der Waals surface area contributed by atoms with Gasteiger partial charge in [-0.3, -0.25) is 4.68 Å². The van der Waals surface area contributed by atoms with Crippen molar-refractivity contribution in [1.29, 1.82) is 0 Å². The van der Waals surface area contributed by atoms with Crippen molar-refractivity contribution < 1.29 is 8.42 Å². The maximum absolute atomic E-state index is 12.4. The molecule has 1 N–H and O–H groups in total. The molecule has 0 atom stereocenters. The van der Waals surface area contributed by atoms with Crippen LogP contribution in [0.4, 0.5) is 0 Å². The van der Waals surface area contributed by atoms with Crippen molar-refractivity contribution >= 4 is 10.0 Å². The second-order valence-corrected chi connectivity index (χ2v) is 8.93. The SMILES string of the molecule is O=S(=O)(Cc1ccccc1)NC1CCC(n2cc(-c3ccncn3)cn2)CC1. The van der Waals surface area contributed by atoms with Crippen LogP contribution in [0.3, 0.4) is 0 Å². The van der Waals surface area contributed by atoms with Crippen molar-refractivity contribution in [3.05, 3.63) is 66.9 Å². The Hall–Kier alpha value is -2.58. The molecular formula is C20H23N5O2S. The van der Waals surface area contributed by atoms with Crippen LogP contribution in [0.1, 0.15) is 37.3 Å². The van der Waals surface area contributed by atoms with Crippen LogP contribution in [0, 0.1) is 0 Å². The first-order valence-electron chi connectivity index (χ1n) is 9.43. The van der Waals surface area contributed by atoms with E-state index in [2.05, 4.69) is 19.8 Å². The van der Waals surface area contributed by atoms with Crippen LogP contribution in [0.15, 0.2) is 61.3 Å². The molecule has 0 aliphatic heterocycles. The van der Waals surface area contributed by atoms with E-state index < -0.39 is 10.0 Å². The second kappa shape index (κ2) is 8.20.